The van der Waals surface area contributed by atoms with Crippen LogP contribution in [0.25, 0.3) is 0 Å². The van der Waals surface area contributed by atoms with Gasteiger partial charge in [0, 0.05) is 5.69 Å². The lowest BCUT2D eigenvalue weighted by atomic mass is 9.97. The fourth-order valence-corrected chi connectivity index (χ4v) is 2.81. The predicted octanol–water partition coefficient (Wildman–Crippen LogP) is 1.75. The third-order valence-corrected chi connectivity index (χ3v) is 4.19. The van der Waals surface area contributed by atoms with Gasteiger partial charge in [-0.15, -0.1) is 0 Å². The second kappa shape index (κ2) is 7.92. The lowest BCUT2D eigenvalue weighted by molar-refractivity contribution is -0.143. The summed E-state index contributed by atoms with van der Waals surface area (Å²) >= 11 is 0. The SMILES string of the molecule is Cc1ccc(NC(=O)NC(=O)CN2CCC(C(=O)O)CC2)c(C)c1. The number of hydrogen-bond acceptors (Lipinski definition) is 4. The maximum absolute atomic E-state index is 11.9. The van der Waals surface area contributed by atoms with E-state index in [1.54, 1.807) is 6.07 Å². The number of aryl methyl sites for hydroxylation is 2. The molecule has 0 unspecified atom stereocenters. The van der Waals surface area contributed by atoms with Gasteiger partial charge in [-0.05, 0) is 51.4 Å². The van der Waals surface area contributed by atoms with Gasteiger partial charge in [0.1, 0.15) is 0 Å². The highest BCUT2D eigenvalue weighted by molar-refractivity contribution is 6.02. The van der Waals surface area contributed by atoms with Crippen molar-refractivity contribution in [2.24, 2.45) is 5.92 Å². The summed E-state index contributed by atoms with van der Waals surface area (Å²) < 4.78 is 0. The third kappa shape index (κ3) is 5.06. The van der Waals surface area contributed by atoms with Crippen LogP contribution in [-0.2, 0) is 9.59 Å². The quantitative estimate of drug-likeness (QED) is 0.780. The van der Waals surface area contributed by atoms with Crippen LogP contribution in [0.1, 0.15) is 24.0 Å². The molecule has 1 aromatic rings. The van der Waals surface area contributed by atoms with Gasteiger partial charge in [-0.3, -0.25) is 19.8 Å². The minimum Gasteiger partial charge on any atom is -0.481 e. The monoisotopic (exact) mass is 333 g/mol. The molecule has 3 amide bonds. The zero-order valence-electron chi connectivity index (χ0n) is 14.0. The highest BCUT2D eigenvalue weighted by Crippen LogP contribution is 2.17. The molecule has 7 heteroatoms. The summed E-state index contributed by atoms with van der Waals surface area (Å²) in [6.07, 6.45) is 1.05. The number of nitrogens with zero attached hydrogens (tertiary/aromatic N) is 1. The Kier molecular flexibility index (Phi) is 5.92. The van der Waals surface area contributed by atoms with Crippen molar-refractivity contribution in [3.8, 4) is 0 Å². The number of carbonyl (C=O) groups is 3. The molecule has 7 nitrogen and oxygen atoms in total. The van der Waals surface area contributed by atoms with Gasteiger partial charge in [0.2, 0.25) is 5.91 Å². The zero-order chi connectivity index (χ0) is 17.7. The molecular formula is C17H23N3O4. The lowest BCUT2D eigenvalue weighted by Crippen LogP contribution is -2.45. The topological polar surface area (TPSA) is 98.7 Å². The second-order valence-corrected chi connectivity index (χ2v) is 6.21. The van der Waals surface area contributed by atoms with E-state index in [2.05, 4.69) is 10.6 Å². The first-order valence-electron chi connectivity index (χ1n) is 7.98. The molecule has 130 valence electrons. The number of likely N-dealkylation sites (tertiary alicyclic amines) is 1. The van der Waals surface area contributed by atoms with Gasteiger partial charge in [0.15, 0.2) is 0 Å². The standard InChI is InChI=1S/C17H23N3O4/c1-11-3-4-14(12(2)9-11)18-17(24)19-15(21)10-20-7-5-13(6-8-20)16(22)23/h3-4,9,13H,5-8,10H2,1-2H3,(H,22,23)(H2,18,19,21,24). The molecule has 1 heterocycles. The zero-order valence-corrected chi connectivity index (χ0v) is 14.0. The summed E-state index contributed by atoms with van der Waals surface area (Å²) in [5.74, 6) is -1.52. The molecule has 0 saturated carbocycles. The van der Waals surface area contributed by atoms with Crippen molar-refractivity contribution in [3.63, 3.8) is 0 Å². The van der Waals surface area contributed by atoms with Crippen LogP contribution in [0.4, 0.5) is 10.5 Å². The molecule has 1 aliphatic heterocycles. The molecule has 1 aliphatic rings. The number of aliphatic carboxylic acids is 1. The van der Waals surface area contributed by atoms with E-state index in [0.717, 1.165) is 11.1 Å². The van der Waals surface area contributed by atoms with Crippen LogP contribution in [-0.4, -0.2) is 47.5 Å². The molecule has 1 fully saturated rings. The molecule has 0 spiro atoms. The summed E-state index contributed by atoms with van der Waals surface area (Å²) in [6, 6.07) is 5.07. The minimum absolute atomic E-state index is 0.0899. The number of imide groups is 1. The Balaban J connectivity index is 1.78. The maximum Gasteiger partial charge on any atom is 0.325 e. The Hall–Kier alpha value is -2.41. The van der Waals surface area contributed by atoms with Crippen molar-refractivity contribution in [2.75, 3.05) is 25.0 Å². The number of carboxylic acids is 1. The first-order valence-corrected chi connectivity index (χ1v) is 7.98. The van der Waals surface area contributed by atoms with E-state index in [1.165, 1.54) is 0 Å². The number of carbonyl (C=O) groups excluding carboxylic acids is 2. The summed E-state index contributed by atoms with van der Waals surface area (Å²) in [6.45, 7) is 5.03. The number of carboxylic acid groups (broad SMARTS) is 1. The Morgan fingerprint density at radius 3 is 2.46 bits per heavy atom. The molecule has 24 heavy (non-hydrogen) atoms. The van der Waals surface area contributed by atoms with Crippen molar-refractivity contribution in [2.45, 2.75) is 26.7 Å². The van der Waals surface area contributed by atoms with E-state index in [0.29, 0.717) is 31.6 Å². The molecule has 0 atom stereocenters. The van der Waals surface area contributed by atoms with E-state index in [4.69, 9.17) is 5.11 Å². The van der Waals surface area contributed by atoms with Crippen LogP contribution in [0.5, 0.6) is 0 Å². The van der Waals surface area contributed by atoms with E-state index in [9.17, 15) is 14.4 Å². The predicted molar refractivity (Wildman–Crippen MR) is 89.9 cm³/mol. The van der Waals surface area contributed by atoms with Gasteiger partial charge in [-0.1, -0.05) is 17.7 Å². The number of hydrogen-bond donors (Lipinski definition) is 3. The summed E-state index contributed by atoms with van der Waals surface area (Å²) in [7, 11) is 0. The van der Waals surface area contributed by atoms with Gasteiger partial charge in [-0.2, -0.15) is 0 Å². The molecule has 1 saturated heterocycles. The summed E-state index contributed by atoms with van der Waals surface area (Å²) in [5.41, 5.74) is 2.68. The molecule has 2 rings (SSSR count). The molecule has 0 aliphatic carbocycles. The van der Waals surface area contributed by atoms with Crippen molar-refractivity contribution >= 4 is 23.6 Å². The van der Waals surface area contributed by atoms with Crippen LogP contribution < -0.4 is 10.6 Å². The Morgan fingerprint density at radius 1 is 1.21 bits per heavy atom. The second-order valence-electron chi connectivity index (χ2n) is 6.21. The fraction of sp³-hybridized carbons (Fsp3) is 0.471. The normalized spacial score (nSPS) is 15.8. The maximum atomic E-state index is 11.9. The van der Waals surface area contributed by atoms with Gasteiger partial charge >= 0.3 is 12.0 Å². The average Bonchev–Trinajstić information content (AvgIpc) is 2.50. The van der Waals surface area contributed by atoms with Gasteiger partial charge < -0.3 is 10.4 Å². The van der Waals surface area contributed by atoms with E-state index in [-0.39, 0.29) is 12.5 Å². The van der Waals surface area contributed by atoms with Crippen LogP contribution in [0.3, 0.4) is 0 Å². The Labute approximate surface area is 141 Å². The molecule has 1 aromatic carbocycles. The number of urea groups is 1. The first kappa shape index (κ1) is 17.9. The van der Waals surface area contributed by atoms with Gasteiger partial charge in [0.05, 0.1) is 12.5 Å². The lowest BCUT2D eigenvalue weighted by Gasteiger charge is -2.29. The van der Waals surface area contributed by atoms with Gasteiger partial charge in [0.25, 0.3) is 0 Å². The fourth-order valence-electron chi connectivity index (χ4n) is 2.81. The first-order chi connectivity index (χ1) is 11.3. The molecule has 0 aromatic heterocycles. The number of piperidine rings is 1. The molecule has 3 N–H and O–H groups in total. The Bertz CT molecular complexity index is 637. The number of anilines is 1. The highest BCUT2D eigenvalue weighted by Gasteiger charge is 2.25. The van der Waals surface area contributed by atoms with Crippen molar-refractivity contribution in [1.82, 2.24) is 10.2 Å². The number of rotatable bonds is 4. The van der Waals surface area contributed by atoms with E-state index < -0.39 is 17.9 Å². The molecule has 0 radical (unpaired) electrons. The van der Waals surface area contributed by atoms with Crippen LogP contribution in [0, 0.1) is 19.8 Å². The van der Waals surface area contributed by atoms with Crippen molar-refractivity contribution in [1.29, 1.82) is 0 Å². The number of benzene rings is 1. The van der Waals surface area contributed by atoms with E-state index >= 15 is 0 Å². The van der Waals surface area contributed by atoms with Crippen LogP contribution >= 0.6 is 0 Å². The summed E-state index contributed by atoms with van der Waals surface area (Å²) in [5, 5.41) is 13.9. The van der Waals surface area contributed by atoms with Crippen LogP contribution in [0.2, 0.25) is 0 Å². The number of nitrogens with one attached hydrogen (secondary N) is 2. The van der Waals surface area contributed by atoms with Crippen molar-refractivity contribution < 1.29 is 19.5 Å². The number of amides is 3. The van der Waals surface area contributed by atoms with Crippen LogP contribution in [0.15, 0.2) is 18.2 Å². The smallest absolute Gasteiger partial charge is 0.325 e. The van der Waals surface area contributed by atoms with Crippen molar-refractivity contribution in [3.05, 3.63) is 29.3 Å². The highest BCUT2D eigenvalue weighted by atomic mass is 16.4. The van der Waals surface area contributed by atoms with E-state index in [1.807, 2.05) is 30.9 Å². The molecule has 0 bridgehead atoms. The molecular weight excluding hydrogens is 310 g/mol. The largest absolute Gasteiger partial charge is 0.481 e. The minimum atomic E-state index is -0.785. The average molecular weight is 333 g/mol. The van der Waals surface area contributed by atoms with Gasteiger partial charge in [-0.25, -0.2) is 4.79 Å². The Morgan fingerprint density at radius 2 is 1.88 bits per heavy atom. The third-order valence-electron chi connectivity index (χ3n) is 4.19. The summed E-state index contributed by atoms with van der Waals surface area (Å²) in [4.78, 5) is 36.6.